The Bertz CT molecular complexity index is 734. The summed E-state index contributed by atoms with van der Waals surface area (Å²) >= 11 is 0. The number of benzene rings is 1. The highest BCUT2D eigenvalue weighted by Gasteiger charge is 2.32. The summed E-state index contributed by atoms with van der Waals surface area (Å²) in [6, 6.07) is 11.1. The van der Waals surface area contributed by atoms with Gasteiger partial charge in [-0.1, -0.05) is 24.3 Å². The zero-order chi connectivity index (χ0) is 14.9. The fourth-order valence-corrected chi connectivity index (χ4v) is 4.03. The minimum Gasteiger partial charge on any atom is -0.369 e. The molecule has 110 valence electrons. The molecule has 0 aliphatic carbocycles. The molecular weight excluding hydrogens is 286 g/mol. The van der Waals surface area contributed by atoms with E-state index in [0.717, 1.165) is 11.1 Å². The average molecular weight is 303 g/mol. The first kappa shape index (κ1) is 14.0. The van der Waals surface area contributed by atoms with Crippen LogP contribution in [0.1, 0.15) is 18.1 Å². The van der Waals surface area contributed by atoms with Crippen LogP contribution in [0.15, 0.2) is 47.5 Å². The van der Waals surface area contributed by atoms with E-state index in [-0.39, 0.29) is 4.90 Å². The van der Waals surface area contributed by atoms with Crippen LogP contribution >= 0.6 is 0 Å². The van der Waals surface area contributed by atoms with Crippen LogP contribution < -0.4 is 5.32 Å². The number of pyridine rings is 1. The highest BCUT2D eigenvalue weighted by atomic mass is 32.2. The predicted octanol–water partition coefficient (Wildman–Crippen LogP) is 2.22. The maximum atomic E-state index is 12.8. The minimum atomic E-state index is -3.55. The molecule has 0 saturated heterocycles. The summed E-state index contributed by atoms with van der Waals surface area (Å²) in [6.07, 6.45) is 1.59. The summed E-state index contributed by atoms with van der Waals surface area (Å²) in [4.78, 5) is 4.37. The van der Waals surface area contributed by atoms with E-state index in [1.807, 2.05) is 31.2 Å². The van der Waals surface area contributed by atoms with E-state index in [9.17, 15) is 8.42 Å². The lowest BCUT2D eigenvalue weighted by Gasteiger charge is -2.17. The van der Waals surface area contributed by atoms with Gasteiger partial charge in [-0.05, 0) is 30.2 Å². The fraction of sp³-hybridized carbons (Fsp3) is 0.267. The van der Waals surface area contributed by atoms with Gasteiger partial charge >= 0.3 is 0 Å². The molecule has 5 nitrogen and oxygen atoms in total. The van der Waals surface area contributed by atoms with Gasteiger partial charge in [-0.2, -0.15) is 4.31 Å². The summed E-state index contributed by atoms with van der Waals surface area (Å²) in [6.45, 7) is 3.37. The van der Waals surface area contributed by atoms with Gasteiger partial charge in [0.15, 0.2) is 0 Å². The Morgan fingerprint density at radius 3 is 2.43 bits per heavy atom. The molecule has 1 N–H and O–H groups in total. The largest absolute Gasteiger partial charge is 0.369 e. The van der Waals surface area contributed by atoms with Crippen molar-refractivity contribution in [2.24, 2.45) is 0 Å². The van der Waals surface area contributed by atoms with Crippen molar-refractivity contribution in [1.29, 1.82) is 0 Å². The molecule has 1 aromatic heterocycles. The lowest BCUT2D eigenvalue weighted by Crippen LogP contribution is -2.26. The first-order valence-corrected chi connectivity index (χ1v) is 8.32. The van der Waals surface area contributed by atoms with Crippen LogP contribution in [-0.2, 0) is 23.1 Å². The summed E-state index contributed by atoms with van der Waals surface area (Å²) in [5.74, 6) is 0.413. The number of sulfonamides is 1. The standard InChI is InChI=1S/C15H17N3O2S/c1-2-16-15-14(8-5-9-17-15)21(19,20)18-10-12-6-3-4-7-13(12)11-18/h3-9H,2,10-11H2,1H3,(H,16,17). The van der Waals surface area contributed by atoms with Gasteiger partial charge in [0.1, 0.15) is 10.7 Å². The smallest absolute Gasteiger partial charge is 0.247 e. The normalized spacial score (nSPS) is 14.9. The summed E-state index contributed by atoms with van der Waals surface area (Å²) in [5.41, 5.74) is 2.13. The van der Waals surface area contributed by atoms with Gasteiger partial charge in [-0.15, -0.1) is 0 Å². The Balaban J connectivity index is 1.96. The van der Waals surface area contributed by atoms with Crippen molar-refractivity contribution in [3.05, 3.63) is 53.7 Å². The van der Waals surface area contributed by atoms with E-state index in [0.29, 0.717) is 25.5 Å². The first-order chi connectivity index (χ1) is 10.1. The topological polar surface area (TPSA) is 62.3 Å². The zero-order valence-electron chi connectivity index (χ0n) is 11.8. The monoisotopic (exact) mass is 303 g/mol. The molecule has 0 bridgehead atoms. The molecule has 3 rings (SSSR count). The molecule has 1 aromatic carbocycles. The van der Waals surface area contributed by atoms with Crippen LogP contribution in [-0.4, -0.2) is 24.3 Å². The number of anilines is 1. The Morgan fingerprint density at radius 2 is 1.81 bits per heavy atom. The molecule has 2 aromatic rings. The number of fused-ring (bicyclic) bond motifs is 1. The summed E-state index contributed by atoms with van der Waals surface area (Å²) in [7, 11) is -3.55. The third-order valence-corrected chi connectivity index (χ3v) is 5.37. The third kappa shape index (κ3) is 2.52. The van der Waals surface area contributed by atoms with Crippen molar-refractivity contribution in [3.8, 4) is 0 Å². The second-order valence-corrected chi connectivity index (χ2v) is 6.83. The van der Waals surface area contributed by atoms with Crippen LogP contribution in [0.3, 0.4) is 0 Å². The molecule has 0 saturated carbocycles. The maximum Gasteiger partial charge on any atom is 0.247 e. The maximum absolute atomic E-state index is 12.8. The van der Waals surface area contributed by atoms with E-state index >= 15 is 0 Å². The van der Waals surface area contributed by atoms with E-state index in [4.69, 9.17) is 0 Å². The molecule has 0 atom stereocenters. The molecular formula is C15H17N3O2S. The van der Waals surface area contributed by atoms with Crippen LogP contribution in [0.4, 0.5) is 5.82 Å². The number of hydrogen-bond donors (Lipinski definition) is 1. The van der Waals surface area contributed by atoms with Crippen molar-refractivity contribution in [1.82, 2.24) is 9.29 Å². The van der Waals surface area contributed by atoms with Crippen molar-refractivity contribution in [2.45, 2.75) is 24.9 Å². The van der Waals surface area contributed by atoms with Crippen LogP contribution in [0, 0.1) is 0 Å². The second-order valence-electron chi connectivity index (χ2n) is 4.92. The number of nitrogens with one attached hydrogen (secondary N) is 1. The van der Waals surface area contributed by atoms with E-state index in [1.54, 1.807) is 18.3 Å². The molecule has 0 fully saturated rings. The number of aromatic nitrogens is 1. The van der Waals surface area contributed by atoms with Gasteiger partial charge in [-0.25, -0.2) is 13.4 Å². The first-order valence-electron chi connectivity index (χ1n) is 6.88. The molecule has 0 unspecified atom stereocenters. The Morgan fingerprint density at radius 1 is 1.14 bits per heavy atom. The molecule has 0 radical (unpaired) electrons. The van der Waals surface area contributed by atoms with Crippen LogP contribution in [0.2, 0.25) is 0 Å². The second kappa shape index (κ2) is 5.46. The predicted molar refractivity (Wildman–Crippen MR) is 81.3 cm³/mol. The van der Waals surface area contributed by atoms with Gasteiger partial charge in [-0.3, -0.25) is 0 Å². The number of rotatable bonds is 4. The van der Waals surface area contributed by atoms with E-state index < -0.39 is 10.0 Å². The Hall–Kier alpha value is -1.92. The summed E-state index contributed by atoms with van der Waals surface area (Å²) in [5, 5.41) is 3.01. The van der Waals surface area contributed by atoms with Gasteiger partial charge < -0.3 is 5.32 Å². The highest BCUT2D eigenvalue weighted by molar-refractivity contribution is 7.89. The lowest BCUT2D eigenvalue weighted by molar-refractivity contribution is 0.431. The van der Waals surface area contributed by atoms with Crippen molar-refractivity contribution in [3.63, 3.8) is 0 Å². The molecule has 0 spiro atoms. The van der Waals surface area contributed by atoms with Gasteiger partial charge in [0.2, 0.25) is 10.0 Å². The van der Waals surface area contributed by atoms with E-state index in [2.05, 4.69) is 10.3 Å². The zero-order valence-corrected chi connectivity index (χ0v) is 12.6. The van der Waals surface area contributed by atoms with Gasteiger partial charge in [0.25, 0.3) is 0 Å². The minimum absolute atomic E-state index is 0.236. The van der Waals surface area contributed by atoms with E-state index in [1.165, 1.54) is 4.31 Å². The Labute approximate surface area is 124 Å². The molecule has 1 aliphatic heterocycles. The molecule has 1 aliphatic rings. The quantitative estimate of drug-likeness (QED) is 0.940. The van der Waals surface area contributed by atoms with Crippen molar-refractivity contribution >= 4 is 15.8 Å². The van der Waals surface area contributed by atoms with Crippen molar-refractivity contribution in [2.75, 3.05) is 11.9 Å². The van der Waals surface area contributed by atoms with Crippen LogP contribution in [0.5, 0.6) is 0 Å². The molecule has 6 heteroatoms. The Kier molecular flexibility index (Phi) is 3.65. The van der Waals surface area contributed by atoms with Gasteiger partial charge in [0.05, 0.1) is 0 Å². The van der Waals surface area contributed by atoms with Gasteiger partial charge in [0, 0.05) is 25.8 Å². The lowest BCUT2D eigenvalue weighted by atomic mass is 10.1. The van der Waals surface area contributed by atoms with Crippen molar-refractivity contribution < 1.29 is 8.42 Å². The molecule has 2 heterocycles. The summed E-state index contributed by atoms with van der Waals surface area (Å²) < 4.78 is 27.2. The third-order valence-electron chi connectivity index (χ3n) is 3.54. The van der Waals surface area contributed by atoms with Crippen LogP contribution in [0.25, 0.3) is 0 Å². The highest BCUT2D eigenvalue weighted by Crippen LogP contribution is 2.30. The average Bonchev–Trinajstić information content (AvgIpc) is 2.93. The fourth-order valence-electron chi connectivity index (χ4n) is 2.51. The SMILES string of the molecule is CCNc1ncccc1S(=O)(=O)N1Cc2ccccc2C1. The number of nitrogens with zero attached hydrogens (tertiary/aromatic N) is 2. The number of hydrogen-bond acceptors (Lipinski definition) is 4. The molecule has 0 amide bonds. The molecule has 21 heavy (non-hydrogen) atoms.